The summed E-state index contributed by atoms with van der Waals surface area (Å²) in [4.78, 5) is 11.4. The van der Waals surface area contributed by atoms with Crippen molar-refractivity contribution in [1.29, 1.82) is 0 Å². The number of benzene rings is 3. The first-order valence-corrected chi connectivity index (χ1v) is 10.3. The van der Waals surface area contributed by atoms with E-state index in [9.17, 15) is 9.90 Å². The molecule has 0 fully saturated rings. The van der Waals surface area contributed by atoms with Gasteiger partial charge in [0.05, 0.1) is 0 Å². The molecule has 0 bridgehead atoms. The second-order valence-corrected chi connectivity index (χ2v) is 9.94. The number of carboxylic acids is 1. The number of carbonyl (C=O) groups is 1. The first-order valence-electron chi connectivity index (χ1n) is 8.12. The van der Waals surface area contributed by atoms with Crippen LogP contribution in [0.25, 0.3) is 0 Å². The van der Waals surface area contributed by atoms with Crippen molar-refractivity contribution in [2.24, 2.45) is 0 Å². The van der Waals surface area contributed by atoms with Crippen LogP contribution in [0.3, 0.4) is 0 Å². The van der Waals surface area contributed by atoms with Crippen LogP contribution >= 0.6 is 7.26 Å². The van der Waals surface area contributed by atoms with Gasteiger partial charge in [-0.15, -0.1) is 0 Å². The van der Waals surface area contributed by atoms with Gasteiger partial charge >= 0.3 is 143 Å². The van der Waals surface area contributed by atoms with Crippen molar-refractivity contribution in [3.8, 4) is 0 Å². The van der Waals surface area contributed by atoms with Gasteiger partial charge < -0.3 is 0 Å². The summed E-state index contributed by atoms with van der Waals surface area (Å²) in [5.41, 5.74) is 0. The van der Waals surface area contributed by atoms with Crippen LogP contribution in [-0.2, 0) is 4.79 Å². The first kappa shape index (κ1) is 16.4. The molecule has 0 aliphatic carbocycles. The quantitative estimate of drug-likeness (QED) is 0.702. The van der Waals surface area contributed by atoms with Gasteiger partial charge in [0.25, 0.3) is 0 Å². The zero-order valence-corrected chi connectivity index (χ0v) is 14.4. The van der Waals surface area contributed by atoms with E-state index in [1.165, 1.54) is 15.9 Å². The van der Waals surface area contributed by atoms with Crippen molar-refractivity contribution in [1.82, 2.24) is 0 Å². The number of aliphatic carboxylic acids is 1. The second-order valence-electron chi connectivity index (χ2n) is 5.90. The predicted octanol–water partition coefficient (Wildman–Crippen LogP) is 3.19. The van der Waals surface area contributed by atoms with Gasteiger partial charge in [0, 0.05) is 0 Å². The van der Waals surface area contributed by atoms with Crippen LogP contribution in [0.15, 0.2) is 91.0 Å². The maximum atomic E-state index is 11.4. The number of carboxylic acid groups (broad SMARTS) is 1. The summed E-state index contributed by atoms with van der Waals surface area (Å²) < 4.78 is 0. The topological polar surface area (TPSA) is 37.3 Å². The molecule has 3 aromatic carbocycles. The van der Waals surface area contributed by atoms with E-state index in [0.29, 0.717) is 6.16 Å². The Kier molecular flexibility index (Phi) is 5.08. The van der Waals surface area contributed by atoms with Gasteiger partial charge in [0.2, 0.25) is 0 Å². The Hall–Kier alpha value is -2.44. The van der Waals surface area contributed by atoms with E-state index in [0.717, 1.165) is 0 Å². The summed E-state index contributed by atoms with van der Waals surface area (Å²) in [6.07, 6.45) is 0.825. The first-order chi connectivity index (χ1) is 11.7. The Morgan fingerprint density at radius 2 is 1.00 bits per heavy atom. The monoisotopic (exact) mass is 336 g/mol. The molecule has 24 heavy (non-hydrogen) atoms. The van der Waals surface area contributed by atoms with E-state index in [2.05, 4.69) is 36.4 Å². The molecule has 122 valence electrons. The molecule has 3 rings (SSSR count). The fourth-order valence-electron chi connectivity index (χ4n) is 3.40. The van der Waals surface area contributed by atoms with E-state index in [4.69, 9.17) is 0 Å². The third-order valence-electron chi connectivity index (χ3n) is 4.51. The van der Waals surface area contributed by atoms with E-state index in [-0.39, 0.29) is 6.42 Å². The number of rotatable bonds is 6. The summed E-state index contributed by atoms with van der Waals surface area (Å²) in [5.74, 6) is -0.741. The predicted molar refractivity (Wildman–Crippen MR) is 104 cm³/mol. The Morgan fingerprint density at radius 3 is 1.29 bits per heavy atom. The normalized spacial score (nSPS) is 11.8. The molecule has 1 N–H and O–H groups in total. The van der Waals surface area contributed by atoms with Crippen molar-refractivity contribution in [2.75, 3.05) is 6.16 Å². The second kappa shape index (κ2) is 7.42. The van der Waals surface area contributed by atoms with Crippen LogP contribution in [0, 0.1) is 0 Å². The molecule has 0 atom stereocenters. The van der Waals surface area contributed by atoms with Crippen LogP contribution < -0.4 is 15.9 Å². The fourth-order valence-corrected chi connectivity index (χ4v) is 8.13. The maximum absolute atomic E-state index is 11.4. The summed E-state index contributed by atoms with van der Waals surface area (Å²) in [6, 6.07) is 31.2. The van der Waals surface area contributed by atoms with Crippen LogP contribution in [0.1, 0.15) is 6.42 Å². The third kappa shape index (κ3) is 3.25. The molecule has 0 aliphatic heterocycles. The zero-order valence-electron chi connectivity index (χ0n) is 13.4. The van der Waals surface area contributed by atoms with Crippen molar-refractivity contribution in [2.45, 2.75) is 6.42 Å². The molecule has 3 aromatic rings. The number of hydrogen-bond donors (Lipinski definition) is 1. The third-order valence-corrected chi connectivity index (χ3v) is 9.47. The number of hydrogen-bond acceptors (Lipinski definition) is 1. The molecule has 0 aliphatic rings. The summed E-state index contributed by atoms with van der Waals surface area (Å²) in [6.45, 7) is 0. The molecule has 0 aromatic heterocycles. The molecule has 2 nitrogen and oxygen atoms in total. The van der Waals surface area contributed by atoms with Crippen molar-refractivity contribution in [3.05, 3.63) is 91.0 Å². The summed E-state index contributed by atoms with van der Waals surface area (Å²) in [7, 11) is -2.37. The van der Waals surface area contributed by atoms with Gasteiger partial charge in [-0.1, -0.05) is 0 Å². The molecule has 3 heteroatoms. The molecular weight excluding hydrogens is 315 g/mol. The molecule has 0 saturated heterocycles. The van der Waals surface area contributed by atoms with Gasteiger partial charge in [-0.2, -0.15) is 0 Å². The molecule has 0 saturated carbocycles. The Morgan fingerprint density at radius 1 is 0.667 bits per heavy atom. The van der Waals surface area contributed by atoms with Gasteiger partial charge in [-0.25, -0.2) is 0 Å². The van der Waals surface area contributed by atoms with Gasteiger partial charge in [0.1, 0.15) is 0 Å². The average Bonchev–Trinajstić information content (AvgIpc) is 2.65. The van der Waals surface area contributed by atoms with Crippen molar-refractivity contribution < 1.29 is 9.90 Å². The van der Waals surface area contributed by atoms with E-state index < -0.39 is 13.2 Å². The minimum absolute atomic E-state index is 0.172. The van der Waals surface area contributed by atoms with Crippen LogP contribution in [0.4, 0.5) is 0 Å². The van der Waals surface area contributed by atoms with Crippen molar-refractivity contribution in [3.63, 3.8) is 0 Å². The Labute approximate surface area is 143 Å². The Bertz CT molecular complexity index is 689. The molecular formula is C21H21O2P. The average molecular weight is 336 g/mol. The fraction of sp³-hybridized carbons (Fsp3) is 0.0952. The zero-order chi connectivity index (χ0) is 16.8. The van der Waals surface area contributed by atoms with Gasteiger partial charge in [-0.05, 0) is 0 Å². The standard InChI is InChI=1S/C21H21O2P/c22-21(23)16-17-24(18-10-4-1-5-11-18,19-12-6-2-7-13-19)20-14-8-3-9-15-20/h1-15,24H,16-17H2,(H,22,23). The molecule has 0 amide bonds. The van der Waals surface area contributed by atoms with Crippen LogP contribution in [-0.4, -0.2) is 17.2 Å². The van der Waals surface area contributed by atoms with E-state index in [1.54, 1.807) is 0 Å². The van der Waals surface area contributed by atoms with Gasteiger partial charge in [0.15, 0.2) is 0 Å². The van der Waals surface area contributed by atoms with E-state index >= 15 is 0 Å². The SMILES string of the molecule is O=C(O)CC[PH](c1ccccc1)(c1ccccc1)c1ccccc1. The molecule has 0 radical (unpaired) electrons. The minimum atomic E-state index is -2.37. The van der Waals surface area contributed by atoms with E-state index in [1.807, 2.05) is 54.6 Å². The van der Waals surface area contributed by atoms with Crippen LogP contribution in [0.5, 0.6) is 0 Å². The Balaban J connectivity index is 2.26. The molecule has 0 unspecified atom stereocenters. The summed E-state index contributed by atoms with van der Waals surface area (Å²) in [5, 5.41) is 13.1. The van der Waals surface area contributed by atoms with Crippen LogP contribution in [0.2, 0.25) is 0 Å². The van der Waals surface area contributed by atoms with Gasteiger partial charge in [-0.3, -0.25) is 0 Å². The van der Waals surface area contributed by atoms with Crippen molar-refractivity contribution >= 4 is 29.1 Å². The summed E-state index contributed by atoms with van der Waals surface area (Å²) >= 11 is 0. The molecule has 0 spiro atoms. The molecule has 0 heterocycles.